The van der Waals surface area contributed by atoms with Crippen LogP contribution >= 0.6 is 22.7 Å². The second-order valence-corrected chi connectivity index (χ2v) is 8.03. The molecule has 0 atom stereocenters. The molecule has 2 aromatic carbocycles. The summed E-state index contributed by atoms with van der Waals surface area (Å²) in [4.78, 5) is 27.7. The first-order valence-electron chi connectivity index (χ1n) is 8.17. The van der Waals surface area contributed by atoms with Crippen molar-refractivity contribution >= 4 is 34.2 Å². The van der Waals surface area contributed by atoms with Crippen molar-refractivity contribution in [2.45, 2.75) is 0 Å². The zero-order chi connectivity index (χ0) is 17.7. The number of carbonyl (C=O) groups is 2. The summed E-state index contributed by atoms with van der Waals surface area (Å²) in [5.74, 6) is -0.844. The van der Waals surface area contributed by atoms with Gasteiger partial charge in [-0.25, -0.2) is 0 Å². The maximum atomic E-state index is 12.8. The van der Waals surface area contributed by atoms with Gasteiger partial charge >= 0.3 is 0 Å². The van der Waals surface area contributed by atoms with Crippen molar-refractivity contribution in [1.29, 1.82) is 0 Å². The van der Waals surface area contributed by atoms with Crippen LogP contribution in [0.25, 0.3) is 32.0 Å². The molecule has 0 fully saturated rings. The van der Waals surface area contributed by atoms with Gasteiger partial charge in [0.25, 0.3) is 0 Å². The Balaban J connectivity index is 1.69. The van der Waals surface area contributed by atoms with E-state index in [1.165, 1.54) is 0 Å². The summed E-state index contributed by atoms with van der Waals surface area (Å²) in [5.41, 5.74) is 4.61. The summed E-state index contributed by atoms with van der Waals surface area (Å²) in [6.07, 6.45) is 0. The van der Waals surface area contributed by atoms with Gasteiger partial charge in [-0.2, -0.15) is 0 Å². The van der Waals surface area contributed by atoms with Gasteiger partial charge in [0.2, 0.25) is 11.6 Å². The molecule has 4 aromatic rings. The van der Waals surface area contributed by atoms with Crippen molar-refractivity contribution in [3.8, 4) is 32.0 Å². The van der Waals surface area contributed by atoms with Crippen molar-refractivity contribution in [3.63, 3.8) is 0 Å². The number of benzene rings is 2. The largest absolute Gasteiger partial charge is 0.285 e. The molecular weight excluding hydrogens is 360 g/mol. The lowest BCUT2D eigenvalue weighted by atomic mass is 9.82. The number of thiophene rings is 2. The molecule has 0 radical (unpaired) electrons. The minimum Gasteiger partial charge on any atom is -0.285 e. The topological polar surface area (TPSA) is 34.1 Å². The first-order chi connectivity index (χ1) is 12.7. The van der Waals surface area contributed by atoms with E-state index >= 15 is 0 Å². The summed E-state index contributed by atoms with van der Waals surface area (Å²) in [6, 6.07) is 19.6. The summed E-state index contributed by atoms with van der Waals surface area (Å²) < 4.78 is 0. The lowest BCUT2D eigenvalue weighted by Crippen LogP contribution is -2.21. The molecular formula is C22H12O2S2. The van der Waals surface area contributed by atoms with Crippen LogP contribution in [0.15, 0.2) is 71.4 Å². The highest BCUT2D eigenvalue weighted by molar-refractivity contribution is 7.13. The number of Topliss-reactive ketones (excluding diaryl/α,β-unsaturated/α-hetero) is 2. The Morgan fingerprint density at radius 1 is 0.538 bits per heavy atom. The van der Waals surface area contributed by atoms with Crippen LogP contribution in [0.3, 0.4) is 0 Å². The first-order valence-corrected chi connectivity index (χ1v) is 9.93. The van der Waals surface area contributed by atoms with Crippen molar-refractivity contribution in [3.05, 3.63) is 82.6 Å². The van der Waals surface area contributed by atoms with Gasteiger partial charge in [-0.3, -0.25) is 9.59 Å². The molecule has 0 spiro atoms. The minimum atomic E-state index is -0.422. The van der Waals surface area contributed by atoms with Crippen LogP contribution in [0.5, 0.6) is 0 Å². The van der Waals surface area contributed by atoms with Gasteiger partial charge in [-0.05, 0) is 57.3 Å². The predicted octanol–water partition coefficient (Wildman–Crippen LogP) is 6.19. The first kappa shape index (κ1) is 15.4. The molecule has 0 saturated carbocycles. The van der Waals surface area contributed by atoms with Crippen molar-refractivity contribution in [2.75, 3.05) is 0 Å². The molecule has 0 bridgehead atoms. The van der Waals surface area contributed by atoms with E-state index in [4.69, 9.17) is 0 Å². The molecule has 1 aliphatic carbocycles. The van der Waals surface area contributed by atoms with Crippen LogP contribution in [0, 0.1) is 0 Å². The van der Waals surface area contributed by atoms with Crippen molar-refractivity contribution in [1.82, 2.24) is 0 Å². The fraction of sp³-hybridized carbons (Fsp3) is 0. The standard InChI is InChI=1S/C22H12O2S2/c23-21-17-11-13(19-3-1-9-25-19)5-7-15(17)16-8-6-14(12-18(16)22(21)24)20-4-2-10-26-20/h1-12H. The van der Waals surface area contributed by atoms with Crippen molar-refractivity contribution in [2.24, 2.45) is 0 Å². The molecule has 5 rings (SSSR count). The number of hydrogen-bond donors (Lipinski definition) is 0. The third-order valence-corrected chi connectivity index (χ3v) is 6.47. The van der Waals surface area contributed by atoms with Crippen LogP contribution in [0.2, 0.25) is 0 Å². The molecule has 1 aliphatic rings. The lowest BCUT2D eigenvalue weighted by molar-refractivity contribution is 0.0815. The Morgan fingerprint density at radius 2 is 1.00 bits per heavy atom. The fourth-order valence-electron chi connectivity index (χ4n) is 3.37. The molecule has 124 valence electrons. The molecule has 0 aliphatic heterocycles. The monoisotopic (exact) mass is 372 g/mol. The van der Waals surface area contributed by atoms with Gasteiger partial charge < -0.3 is 0 Å². The predicted molar refractivity (Wildman–Crippen MR) is 107 cm³/mol. The highest BCUT2D eigenvalue weighted by Gasteiger charge is 2.31. The smallest absolute Gasteiger partial charge is 0.234 e. The molecule has 0 N–H and O–H groups in total. The minimum absolute atomic E-state index is 0.422. The summed E-state index contributed by atoms with van der Waals surface area (Å²) in [5, 5.41) is 4.01. The lowest BCUT2D eigenvalue weighted by Gasteiger charge is -2.19. The molecule has 26 heavy (non-hydrogen) atoms. The zero-order valence-electron chi connectivity index (χ0n) is 13.6. The Labute approximate surface area is 158 Å². The van der Waals surface area contributed by atoms with Gasteiger partial charge in [0.05, 0.1) is 0 Å². The molecule has 4 heteroatoms. The zero-order valence-corrected chi connectivity index (χ0v) is 15.2. The molecule has 0 unspecified atom stereocenters. The maximum absolute atomic E-state index is 12.8. The molecule has 2 aromatic heterocycles. The van der Waals surface area contributed by atoms with Gasteiger partial charge in [0.15, 0.2) is 0 Å². The maximum Gasteiger partial charge on any atom is 0.234 e. The van der Waals surface area contributed by atoms with E-state index in [0.717, 1.165) is 32.0 Å². The second-order valence-electron chi connectivity index (χ2n) is 6.13. The van der Waals surface area contributed by atoms with Gasteiger partial charge in [-0.1, -0.05) is 36.4 Å². The van der Waals surface area contributed by atoms with E-state index in [2.05, 4.69) is 0 Å². The van der Waals surface area contributed by atoms with E-state index in [-0.39, 0.29) is 0 Å². The Bertz CT molecular complexity index is 1060. The highest BCUT2D eigenvalue weighted by Crippen LogP contribution is 2.39. The summed E-state index contributed by atoms with van der Waals surface area (Å²) in [6.45, 7) is 0. The Hall–Kier alpha value is -2.82. The highest BCUT2D eigenvalue weighted by atomic mass is 32.1. The Morgan fingerprint density at radius 3 is 1.38 bits per heavy atom. The van der Waals surface area contributed by atoms with E-state index < -0.39 is 11.6 Å². The van der Waals surface area contributed by atoms with Crippen LogP contribution in [-0.4, -0.2) is 11.6 Å². The number of hydrogen-bond acceptors (Lipinski definition) is 4. The number of fused-ring (bicyclic) bond motifs is 3. The van der Waals surface area contributed by atoms with E-state index in [9.17, 15) is 9.59 Å². The van der Waals surface area contributed by atoms with Crippen molar-refractivity contribution < 1.29 is 9.59 Å². The van der Waals surface area contributed by atoms with Gasteiger partial charge in [0.1, 0.15) is 0 Å². The average molecular weight is 372 g/mol. The van der Waals surface area contributed by atoms with E-state index in [1.807, 2.05) is 71.4 Å². The van der Waals surface area contributed by atoms with Gasteiger partial charge in [0, 0.05) is 20.9 Å². The van der Waals surface area contributed by atoms with E-state index in [1.54, 1.807) is 22.7 Å². The SMILES string of the molecule is O=C1C(=O)c2cc(-c3cccs3)ccc2-c2ccc(-c3cccs3)cc21. The molecule has 2 heterocycles. The number of rotatable bonds is 2. The fourth-order valence-corrected chi connectivity index (χ4v) is 4.82. The van der Waals surface area contributed by atoms with Crippen LogP contribution < -0.4 is 0 Å². The number of ketones is 2. The second kappa shape index (κ2) is 5.87. The molecule has 0 saturated heterocycles. The van der Waals surface area contributed by atoms with E-state index in [0.29, 0.717) is 11.1 Å². The average Bonchev–Trinajstić information content (AvgIpc) is 3.39. The third kappa shape index (κ3) is 2.30. The number of carbonyl (C=O) groups excluding carboxylic acids is 2. The summed E-state index contributed by atoms with van der Waals surface area (Å²) in [7, 11) is 0. The summed E-state index contributed by atoms with van der Waals surface area (Å²) >= 11 is 3.24. The normalized spacial score (nSPS) is 12.8. The van der Waals surface area contributed by atoms with Crippen LogP contribution in [0.4, 0.5) is 0 Å². The van der Waals surface area contributed by atoms with Crippen LogP contribution in [-0.2, 0) is 0 Å². The molecule has 0 amide bonds. The third-order valence-electron chi connectivity index (χ3n) is 4.64. The van der Waals surface area contributed by atoms with Crippen LogP contribution in [0.1, 0.15) is 20.7 Å². The molecule has 2 nitrogen and oxygen atoms in total. The van der Waals surface area contributed by atoms with Gasteiger partial charge in [-0.15, -0.1) is 22.7 Å². The quantitative estimate of drug-likeness (QED) is 0.393. The Kier molecular flexibility index (Phi) is 3.48.